The second-order valence-corrected chi connectivity index (χ2v) is 4.43. The van der Waals surface area contributed by atoms with Crippen LogP contribution in [0.4, 0.5) is 0 Å². The van der Waals surface area contributed by atoms with Crippen molar-refractivity contribution in [2.24, 2.45) is 0 Å². The summed E-state index contributed by atoms with van der Waals surface area (Å²) in [5, 5.41) is 0. The molecule has 0 saturated carbocycles. The Morgan fingerprint density at radius 1 is 1.53 bits per heavy atom. The Hall–Kier alpha value is -0.290. The molecule has 0 fully saturated rings. The Morgan fingerprint density at radius 2 is 2.27 bits per heavy atom. The van der Waals surface area contributed by atoms with Gasteiger partial charge in [-0.05, 0) is 41.6 Å². The average molecular weight is 339 g/mol. The van der Waals surface area contributed by atoms with Crippen molar-refractivity contribution in [1.29, 1.82) is 0 Å². The van der Waals surface area contributed by atoms with Crippen molar-refractivity contribution in [1.82, 2.24) is 0 Å². The van der Waals surface area contributed by atoms with E-state index in [1.807, 2.05) is 25.1 Å². The van der Waals surface area contributed by atoms with E-state index in [0.717, 1.165) is 14.9 Å². The summed E-state index contributed by atoms with van der Waals surface area (Å²) in [4.78, 5) is 11.3. The fourth-order valence-electron chi connectivity index (χ4n) is 1.25. The fraction of sp³-hybridized carbons (Fsp3) is 0.364. The fourth-order valence-corrected chi connectivity index (χ4v) is 2.00. The highest BCUT2D eigenvalue weighted by Gasteiger charge is 2.11. The van der Waals surface area contributed by atoms with Crippen molar-refractivity contribution in [3.05, 3.63) is 27.3 Å². The van der Waals surface area contributed by atoms with Gasteiger partial charge in [-0.15, -0.1) is 11.6 Å². The molecule has 1 rings (SSSR count). The van der Waals surface area contributed by atoms with Crippen LogP contribution in [-0.4, -0.2) is 18.3 Å². The molecule has 0 aliphatic carbocycles. The van der Waals surface area contributed by atoms with Gasteiger partial charge in [0.15, 0.2) is 5.78 Å². The molecule has 82 valence electrons. The van der Waals surface area contributed by atoms with Gasteiger partial charge in [0, 0.05) is 15.6 Å². The minimum absolute atomic E-state index is 0.0155. The summed E-state index contributed by atoms with van der Waals surface area (Å²) in [5.41, 5.74) is 0.936. The Morgan fingerprint density at radius 3 is 2.87 bits per heavy atom. The highest BCUT2D eigenvalue weighted by atomic mass is 127. The van der Waals surface area contributed by atoms with Crippen LogP contribution in [0.15, 0.2) is 18.2 Å². The number of hydrogen-bond acceptors (Lipinski definition) is 2. The smallest absolute Gasteiger partial charge is 0.152 e. The first-order chi connectivity index (χ1) is 7.19. The van der Waals surface area contributed by atoms with Crippen LogP contribution in [0.5, 0.6) is 5.75 Å². The molecule has 0 aliphatic heterocycles. The van der Waals surface area contributed by atoms with E-state index in [1.54, 1.807) is 0 Å². The van der Waals surface area contributed by atoms with Gasteiger partial charge in [0.05, 0.1) is 12.5 Å². The molecule has 0 heterocycles. The van der Waals surface area contributed by atoms with E-state index in [4.69, 9.17) is 16.3 Å². The lowest BCUT2D eigenvalue weighted by Crippen LogP contribution is -2.07. The van der Waals surface area contributed by atoms with Crippen molar-refractivity contribution in [3.8, 4) is 5.75 Å². The monoisotopic (exact) mass is 338 g/mol. The summed E-state index contributed by atoms with van der Waals surface area (Å²) in [6.45, 7) is 2.52. The topological polar surface area (TPSA) is 26.3 Å². The predicted molar refractivity (Wildman–Crippen MR) is 69.8 cm³/mol. The first-order valence-corrected chi connectivity index (χ1v) is 6.28. The van der Waals surface area contributed by atoms with Crippen LogP contribution in [0, 0.1) is 3.57 Å². The molecule has 0 aliphatic rings. The number of benzene rings is 1. The van der Waals surface area contributed by atoms with Gasteiger partial charge in [0.25, 0.3) is 0 Å². The van der Waals surface area contributed by atoms with E-state index in [2.05, 4.69) is 22.6 Å². The van der Waals surface area contributed by atoms with Gasteiger partial charge in [-0.25, -0.2) is 0 Å². The first-order valence-electron chi connectivity index (χ1n) is 4.66. The van der Waals surface area contributed by atoms with Crippen LogP contribution < -0.4 is 4.74 Å². The molecule has 0 bridgehead atoms. The van der Waals surface area contributed by atoms with Crippen LogP contribution in [0.2, 0.25) is 0 Å². The molecule has 0 aromatic heterocycles. The number of ketones is 1. The van der Waals surface area contributed by atoms with Crippen molar-refractivity contribution in [3.63, 3.8) is 0 Å². The normalized spacial score (nSPS) is 10.1. The van der Waals surface area contributed by atoms with Crippen molar-refractivity contribution in [2.45, 2.75) is 13.3 Å². The zero-order chi connectivity index (χ0) is 11.3. The number of halogens is 2. The van der Waals surface area contributed by atoms with Gasteiger partial charge in [-0.2, -0.15) is 0 Å². The zero-order valence-electron chi connectivity index (χ0n) is 8.43. The van der Waals surface area contributed by atoms with E-state index < -0.39 is 0 Å². The van der Waals surface area contributed by atoms with Crippen LogP contribution in [-0.2, 0) is 11.2 Å². The number of hydrogen-bond donors (Lipinski definition) is 0. The molecule has 0 amide bonds. The van der Waals surface area contributed by atoms with Gasteiger partial charge < -0.3 is 4.74 Å². The summed E-state index contributed by atoms with van der Waals surface area (Å²) in [6, 6.07) is 5.75. The molecule has 4 heteroatoms. The number of ether oxygens (including phenoxy) is 1. The molecular formula is C11H12ClIO2. The number of rotatable bonds is 5. The summed E-state index contributed by atoms with van der Waals surface area (Å²) < 4.78 is 6.50. The molecule has 2 nitrogen and oxygen atoms in total. The highest BCUT2D eigenvalue weighted by molar-refractivity contribution is 14.1. The lowest BCUT2D eigenvalue weighted by Gasteiger charge is -2.10. The van der Waals surface area contributed by atoms with E-state index in [1.165, 1.54) is 0 Å². The third-order valence-electron chi connectivity index (χ3n) is 1.90. The van der Waals surface area contributed by atoms with Crippen LogP contribution >= 0.6 is 34.2 Å². The molecule has 0 atom stereocenters. The van der Waals surface area contributed by atoms with Gasteiger partial charge in [-0.1, -0.05) is 6.07 Å². The van der Waals surface area contributed by atoms with E-state index in [9.17, 15) is 4.79 Å². The van der Waals surface area contributed by atoms with Crippen molar-refractivity contribution in [2.75, 3.05) is 12.5 Å². The zero-order valence-corrected chi connectivity index (χ0v) is 11.3. The number of Topliss-reactive ketones (excluding diaryl/α,β-unsaturated/α-hetero) is 1. The maximum absolute atomic E-state index is 11.3. The van der Waals surface area contributed by atoms with Crippen molar-refractivity contribution < 1.29 is 9.53 Å². The average Bonchev–Trinajstić information content (AvgIpc) is 2.23. The highest BCUT2D eigenvalue weighted by Crippen LogP contribution is 2.24. The minimum atomic E-state index is 0.0155. The molecular weight excluding hydrogens is 326 g/mol. The Kier molecular flexibility index (Phi) is 5.39. The van der Waals surface area contributed by atoms with Gasteiger partial charge >= 0.3 is 0 Å². The van der Waals surface area contributed by atoms with Crippen molar-refractivity contribution >= 4 is 40.0 Å². The van der Waals surface area contributed by atoms with Gasteiger partial charge in [-0.3, -0.25) is 4.79 Å². The predicted octanol–water partition coefficient (Wildman–Crippen LogP) is 3.04. The van der Waals surface area contributed by atoms with Gasteiger partial charge in [0.1, 0.15) is 5.75 Å². The third-order valence-corrected chi connectivity index (χ3v) is 3.21. The standard InChI is InChI=1S/C11H12ClIO2/c1-2-15-11-5-3-4-10(13)9(11)6-8(14)7-12/h3-5H,2,6-7H2,1H3. The SMILES string of the molecule is CCOc1cccc(I)c1CC(=O)CCl. The second kappa shape index (κ2) is 6.33. The quantitative estimate of drug-likeness (QED) is 0.609. The minimum Gasteiger partial charge on any atom is -0.494 e. The lowest BCUT2D eigenvalue weighted by molar-refractivity contribution is -0.116. The maximum Gasteiger partial charge on any atom is 0.152 e. The first kappa shape index (κ1) is 12.8. The number of carbonyl (C=O) groups is 1. The number of carbonyl (C=O) groups excluding carboxylic acids is 1. The Bertz CT molecular complexity index is 352. The molecule has 1 aromatic carbocycles. The Labute approximate surface area is 108 Å². The molecule has 0 radical (unpaired) electrons. The summed E-state index contributed by atoms with van der Waals surface area (Å²) in [6.07, 6.45) is 0.345. The summed E-state index contributed by atoms with van der Waals surface area (Å²) in [7, 11) is 0. The Balaban J connectivity index is 2.96. The molecule has 15 heavy (non-hydrogen) atoms. The molecule has 0 N–H and O–H groups in total. The van der Waals surface area contributed by atoms with E-state index in [-0.39, 0.29) is 11.7 Å². The summed E-state index contributed by atoms with van der Waals surface area (Å²) >= 11 is 7.69. The molecule has 0 spiro atoms. The maximum atomic E-state index is 11.3. The molecule has 0 saturated heterocycles. The van der Waals surface area contributed by atoms with E-state index in [0.29, 0.717) is 13.0 Å². The molecule has 0 unspecified atom stereocenters. The van der Waals surface area contributed by atoms with E-state index >= 15 is 0 Å². The number of alkyl halides is 1. The summed E-state index contributed by atoms with van der Waals surface area (Å²) in [5.74, 6) is 0.848. The van der Waals surface area contributed by atoms with Crippen LogP contribution in [0.1, 0.15) is 12.5 Å². The lowest BCUT2D eigenvalue weighted by atomic mass is 10.1. The van der Waals surface area contributed by atoms with Crippen LogP contribution in [0.3, 0.4) is 0 Å². The second-order valence-electron chi connectivity index (χ2n) is 3.00. The van der Waals surface area contributed by atoms with Gasteiger partial charge in [0.2, 0.25) is 0 Å². The molecule has 1 aromatic rings. The van der Waals surface area contributed by atoms with Crippen LogP contribution in [0.25, 0.3) is 0 Å². The largest absolute Gasteiger partial charge is 0.494 e. The third kappa shape index (κ3) is 3.65.